The van der Waals surface area contributed by atoms with E-state index in [9.17, 15) is 0 Å². The molecule has 0 saturated heterocycles. The minimum absolute atomic E-state index is 0.0975. The standard InChI is InChI=1S/C15H28ClN3O/c1-5-6-7-13-18-11(14(16)19-13)10-17-12(8-9-20)15(2,3)4/h12,17,20H,5-10H2,1-4H3,(H,18,19). The lowest BCUT2D eigenvalue weighted by molar-refractivity contribution is 0.196. The number of H-pyrrole nitrogens is 1. The van der Waals surface area contributed by atoms with Gasteiger partial charge >= 0.3 is 0 Å². The number of aliphatic hydroxyl groups excluding tert-OH is 1. The van der Waals surface area contributed by atoms with Gasteiger partial charge in [-0.25, -0.2) is 4.98 Å². The first kappa shape index (κ1) is 17.5. The van der Waals surface area contributed by atoms with Crippen LogP contribution in [0.3, 0.4) is 0 Å². The maximum absolute atomic E-state index is 9.17. The molecule has 0 aliphatic rings. The van der Waals surface area contributed by atoms with Crippen molar-refractivity contribution in [2.75, 3.05) is 6.61 Å². The zero-order valence-corrected chi connectivity index (χ0v) is 13.8. The Morgan fingerprint density at radius 3 is 2.65 bits per heavy atom. The number of aryl methyl sites for hydroxylation is 1. The molecule has 4 nitrogen and oxygen atoms in total. The van der Waals surface area contributed by atoms with Crippen molar-refractivity contribution >= 4 is 11.6 Å². The predicted octanol–water partition coefficient (Wildman–Crippen LogP) is 3.29. The summed E-state index contributed by atoms with van der Waals surface area (Å²) in [5.74, 6) is 0.961. The molecule has 0 radical (unpaired) electrons. The molecule has 1 heterocycles. The molecule has 0 saturated carbocycles. The first-order chi connectivity index (χ1) is 9.38. The van der Waals surface area contributed by atoms with Crippen molar-refractivity contribution in [1.82, 2.24) is 15.3 Å². The van der Waals surface area contributed by atoms with E-state index in [1.165, 1.54) is 0 Å². The molecule has 5 heteroatoms. The van der Waals surface area contributed by atoms with Gasteiger partial charge < -0.3 is 15.4 Å². The molecule has 0 aliphatic carbocycles. The molecule has 1 rings (SSSR count). The molecule has 0 fully saturated rings. The van der Waals surface area contributed by atoms with Gasteiger partial charge in [0.15, 0.2) is 5.15 Å². The van der Waals surface area contributed by atoms with Crippen LogP contribution in [0.25, 0.3) is 0 Å². The van der Waals surface area contributed by atoms with Gasteiger partial charge in [0, 0.05) is 25.6 Å². The normalized spacial score (nSPS) is 13.7. The van der Waals surface area contributed by atoms with E-state index in [0.29, 0.717) is 11.7 Å². The summed E-state index contributed by atoms with van der Waals surface area (Å²) in [6.07, 6.45) is 3.94. The Labute approximate surface area is 127 Å². The number of imidazole rings is 1. The van der Waals surface area contributed by atoms with Crippen LogP contribution < -0.4 is 5.32 Å². The number of aromatic nitrogens is 2. The number of nitrogens with zero attached hydrogens (tertiary/aromatic N) is 1. The van der Waals surface area contributed by atoms with Crippen LogP contribution in [-0.2, 0) is 13.0 Å². The van der Waals surface area contributed by atoms with Gasteiger partial charge in [-0.1, -0.05) is 45.7 Å². The van der Waals surface area contributed by atoms with Gasteiger partial charge in [-0.15, -0.1) is 0 Å². The van der Waals surface area contributed by atoms with Crippen LogP contribution >= 0.6 is 11.6 Å². The molecule has 1 aromatic rings. The predicted molar refractivity (Wildman–Crippen MR) is 84.0 cm³/mol. The second-order valence-corrected chi connectivity index (χ2v) is 6.73. The first-order valence-electron chi connectivity index (χ1n) is 7.46. The fourth-order valence-corrected chi connectivity index (χ4v) is 2.43. The van der Waals surface area contributed by atoms with Gasteiger partial charge in [0.05, 0.1) is 5.69 Å². The maximum atomic E-state index is 9.17. The molecule has 0 aromatic carbocycles. The molecule has 3 N–H and O–H groups in total. The van der Waals surface area contributed by atoms with Crippen molar-refractivity contribution in [1.29, 1.82) is 0 Å². The van der Waals surface area contributed by atoms with Gasteiger partial charge in [-0.2, -0.15) is 0 Å². The van der Waals surface area contributed by atoms with E-state index >= 15 is 0 Å². The van der Waals surface area contributed by atoms with E-state index < -0.39 is 0 Å². The Kier molecular flexibility index (Phi) is 7.00. The lowest BCUT2D eigenvalue weighted by Crippen LogP contribution is -2.40. The smallest absolute Gasteiger partial charge is 0.151 e. The molecule has 0 bridgehead atoms. The molecule has 0 amide bonds. The molecule has 1 atom stereocenters. The zero-order chi connectivity index (χ0) is 15.2. The van der Waals surface area contributed by atoms with E-state index in [1.54, 1.807) is 0 Å². The summed E-state index contributed by atoms with van der Waals surface area (Å²) >= 11 is 6.17. The van der Waals surface area contributed by atoms with E-state index in [-0.39, 0.29) is 18.1 Å². The van der Waals surface area contributed by atoms with Crippen molar-refractivity contribution in [3.05, 3.63) is 16.7 Å². The van der Waals surface area contributed by atoms with Gasteiger partial charge in [0.2, 0.25) is 0 Å². The number of nitrogens with one attached hydrogen (secondary N) is 2. The van der Waals surface area contributed by atoms with Gasteiger partial charge in [0.25, 0.3) is 0 Å². The highest BCUT2D eigenvalue weighted by Crippen LogP contribution is 2.22. The van der Waals surface area contributed by atoms with Crippen LogP contribution in [0.1, 0.15) is 58.5 Å². The Morgan fingerprint density at radius 1 is 1.40 bits per heavy atom. The van der Waals surface area contributed by atoms with Crippen molar-refractivity contribution in [2.45, 2.75) is 66.0 Å². The van der Waals surface area contributed by atoms with Crippen molar-refractivity contribution < 1.29 is 5.11 Å². The third-order valence-electron chi connectivity index (χ3n) is 3.53. The van der Waals surface area contributed by atoms with E-state index in [1.807, 2.05) is 0 Å². The second-order valence-electron chi connectivity index (χ2n) is 6.37. The Balaban J connectivity index is 2.61. The van der Waals surface area contributed by atoms with Crippen LogP contribution in [0.15, 0.2) is 0 Å². The quantitative estimate of drug-likeness (QED) is 0.690. The number of rotatable bonds is 8. The minimum Gasteiger partial charge on any atom is -0.396 e. The van der Waals surface area contributed by atoms with Gasteiger partial charge in [0.1, 0.15) is 5.82 Å². The Morgan fingerprint density at radius 2 is 2.10 bits per heavy atom. The van der Waals surface area contributed by atoms with Crippen molar-refractivity contribution in [3.63, 3.8) is 0 Å². The molecular formula is C15H28ClN3O. The monoisotopic (exact) mass is 301 g/mol. The van der Waals surface area contributed by atoms with Crippen LogP contribution in [0.2, 0.25) is 5.15 Å². The van der Waals surface area contributed by atoms with Crippen LogP contribution in [0.5, 0.6) is 0 Å². The highest BCUT2D eigenvalue weighted by molar-refractivity contribution is 6.30. The van der Waals surface area contributed by atoms with Crippen molar-refractivity contribution in [2.24, 2.45) is 5.41 Å². The average Bonchev–Trinajstić information content (AvgIpc) is 2.71. The van der Waals surface area contributed by atoms with Gasteiger partial charge in [-0.05, 0) is 18.3 Å². The van der Waals surface area contributed by atoms with Crippen molar-refractivity contribution in [3.8, 4) is 0 Å². The van der Waals surface area contributed by atoms with Crippen LogP contribution in [0.4, 0.5) is 0 Å². The molecule has 0 spiro atoms. The molecule has 20 heavy (non-hydrogen) atoms. The fraction of sp³-hybridized carbons (Fsp3) is 0.800. The van der Waals surface area contributed by atoms with E-state index in [2.05, 4.69) is 43.0 Å². The lowest BCUT2D eigenvalue weighted by atomic mass is 9.85. The van der Waals surface area contributed by atoms with Crippen LogP contribution in [-0.4, -0.2) is 27.7 Å². The molecule has 116 valence electrons. The summed E-state index contributed by atoms with van der Waals surface area (Å²) in [6, 6.07) is 0.242. The summed E-state index contributed by atoms with van der Waals surface area (Å²) in [6.45, 7) is 9.51. The zero-order valence-electron chi connectivity index (χ0n) is 13.1. The van der Waals surface area contributed by atoms with Crippen LogP contribution in [0, 0.1) is 5.41 Å². The minimum atomic E-state index is 0.0975. The molecule has 1 aromatic heterocycles. The number of halogens is 1. The molecular weight excluding hydrogens is 274 g/mol. The Bertz CT molecular complexity index is 398. The second kappa shape index (κ2) is 8.01. The maximum Gasteiger partial charge on any atom is 0.151 e. The molecule has 1 unspecified atom stereocenters. The average molecular weight is 302 g/mol. The number of hydrogen-bond acceptors (Lipinski definition) is 3. The van der Waals surface area contributed by atoms with E-state index in [0.717, 1.165) is 37.2 Å². The number of aliphatic hydroxyl groups is 1. The fourth-order valence-electron chi connectivity index (χ4n) is 2.22. The summed E-state index contributed by atoms with van der Waals surface area (Å²) in [5.41, 5.74) is 1.03. The third-order valence-corrected chi connectivity index (χ3v) is 3.85. The Hall–Kier alpha value is -0.580. The third kappa shape index (κ3) is 5.43. The first-order valence-corrected chi connectivity index (χ1v) is 7.83. The lowest BCUT2D eigenvalue weighted by Gasteiger charge is -2.31. The van der Waals surface area contributed by atoms with Gasteiger partial charge in [-0.3, -0.25) is 0 Å². The number of hydrogen-bond donors (Lipinski definition) is 3. The van der Waals surface area contributed by atoms with E-state index in [4.69, 9.17) is 16.7 Å². The number of unbranched alkanes of at least 4 members (excludes halogenated alkanes) is 1. The highest BCUT2D eigenvalue weighted by Gasteiger charge is 2.24. The SMILES string of the molecule is CCCCc1nc(Cl)c(CNC(CCO)C(C)(C)C)[nH]1. The highest BCUT2D eigenvalue weighted by atomic mass is 35.5. The largest absolute Gasteiger partial charge is 0.396 e. The summed E-state index contributed by atoms with van der Waals surface area (Å²) in [5, 5.41) is 13.2. The summed E-state index contributed by atoms with van der Waals surface area (Å²) in [7, 11) is 0. The topological polar surface area (TPSA) is 60.9 Å². The number of aromatic amines is 1. The molecule has 0 aliphatic heterocycles. The summed E-state index contributed by atoms with van der Waals surface area (Å²) in [4.78, 5) is 7.65. The summed E-state index contributed by atoms with van der Waals surface area (Å²) < 4.78 is 0.